The lowest BCUT2D eigenvalue weighted by atomic mass is 10.2. The van der Waals surface area contributed by atoms with Gasteiger partial charge in [-0.15, -0.1) is 0 Å². The summed E-state index contributed by atoms with van der Waals surface area (Å²) in [5.41, 5.74) is 2.11. The van der Waals surface area contributed by atoms with Crippen molar-refractivity contribution in [2.24, 2.45) is 12.0 Å². The lowest BCUT2D eigenvalue weighted by molar-refractivity contribution is 0.737. The fraction of sp³-hybridized carbons (Fsp3) is 0.600. The van der Waals surface area contributed by atoms with E-state index in [4.69, 9.17) is 0 Å². The van der Waals surface area contributed by atoms with E-state index in [9.17, 15) is 0 Å². The second-order valence-corrected chi connectivity index (χ2v) is 3.71. The van der Waals surface area contributed by atoms with E-state index in [0.717, 1.165) is 30.2 Å². The molecule has 76 valence electrons. The highest BCUT2D eigenvalue weighted by atomic mass is 15.3. The largest absolute Gasteiger partial charge is 0.341 e. The van der Waals surface area contributed by atoms with E-state index in [1.165, 1.54) is 12.8 Å². The summed E-state index contributed by atoms with van der Waals surface area (Å²) in [6.45, 7) is 2.97. The van der Waals surface area contributed by atoms with Crippen molar-refractivity contribution in [2.75, 3.05) is 11.9 Å². The highest BCUT2D eigenvalue weighted by molar-refractivity contribution is 5.96. The van der Waals surface area contributed by atoms with Crippen LogP contribution in [-0.4, -0.2) is 22.2 Å². The maximum absolute atomic E-state index is 4.44. The van der Waals surface area contributed by atoms with E-state index < -0.39 is 0 Å². The number of aryl methyl sites for hydroxylation is 2. The number of hydrogen-bond donors (Lipinski definition) is 1. The molecule has 4 heteroatoms. The van der Waals surface area contributed by atoms with E-state index in [1.54, 1.807) is 0 Å². The summed E-state index contributed by atoms with van der Waals surface area (Å²) in [5.74, 6) is 1.10. The molecule has 0 bridgehead atoms. The molecule has 1 N–H and O–H groups in total. The maximum atomic E-state index is 4.44. The van der Waals surface area contributed by atoms with Crippen LogP contribution in [0.4, 0.5) is 5.69 Å². The minimum atomic E-state index is 0.960. The molecule has 0 amide bonds. The lowest BCUT2D eigenvalue weighted by Crippen LogP contribution is -2.16. The molecular formula is C10H16N4. The summed E-state index contributed by atoms with van der Waals surface area (Å²) in [5, 5.41) is 7.61. The molecule has 0 fully saturated rings. The molecule has 0 radical (unpaired) electrons. The first-order valence-electron chi connectivity index (χ1n) is 5.06. The molecule has 0 atom stereocenters. The van der Waals surface area contributed by atoms with Crippen LogP contribution in [0.5, 0.6) is 0 Å². The highest BCUT2D eigenvalue weighted by Crippen LogP contribution is 2.14. The Morgan fingerprint density at radius 3 is 2.86 bits per heavy atom. The van der Waals surface area contributed by atoms with E-state index in [0.29, 0.717) is 0 Å². The van der Waals surface area contributed by atoms with Gasteiger partial charge < -0.3 is 5.32 Å². The van der Waals surface area contributed by atoms with Crippen molar-refractivity contribution in [2.45, 2.75) is 26.2 Å². The van der Waals surface area contributed by atoms with Gasteiger partial charge in [0, 0.05) is 26.2 Å². The quantitative estimate of drug-likeness (QED) is 0.736. The SMILES string of the molecule is Cc1nn(C)cc1NC1=NCCCC1. The Hall–Kier alpha value is -1.32. The fourth-order valence-corrected chi connectivity index (χ4v) is 1.68. The summed E-state index contributed by atoms with van der Waals surface area (Å²) >= 11 is 0. The van der Waals surface area contributed by atoms with Crippen LogP contribution in [0.3, 0.4) is 0 Å². The molecule has 0 saturated heterocycles. The summed E-state index contributed by atoms with van der Waals surface area (Å²) < 4.78 is 1.82. The van der Waals surface area contributed by atoms with Gasteiger partial charge in [0.05, 0.1) is 11.4 Å². The van der Waals surface area contributed by atoms with E-state index in [-0.39, 0.29) is 0 Å². The molecule has 14 heavy (non-hydrogen) atoms. The minimum absolute atomic E-state index is 0.960. The average molecular weight is 192 g/mol. The third kappa shape index (κ3) is 1.95. The molecular weight excluding hydrogens is 176 g/mol. The maximum Gasteiger partial charge on any atom is 0.101 e. The highest BCUT2D eigenvalue weighted by Gasteiger charge is 2.08. The van der Waals surface area contributed by atoms with Crippen molar-refractivity contribution in [3.05, 3.63) is 11.9 Å². The Balaban J connectivity index is 2.09. The first-order chi connectivity index (χ1) is 6.75. The van der Waals surface area contributed by atoms with Crippen LogP contribution in [0, 0.1) is 6.92 Å². The molecule has 0 spiro atoms. The van der Waals surface area contributed by atoms with Crippen LogP contribution < -0.4 is 5.32 Å². The molecule has 2 rings (SSSR count). The van der Waals surface area contributed by atoms with Crippen molar-refractivity contribution in [3.8, 4) is 0 Å². The van der Waals surface area contributed by atoms with Crippen molar-refractivity contribution >= 4 is 11.5 Å². The topological polar surface area (TPSA) is 42.2 Å². The van der Waals surface area contributed by atoms with Crippen LogP contribution in [0.15, 0.2) is 11.2 Å². The third-order valence-electron chi connectivity index (χ3n) is 2.42. The predicted octanol–water partition coefficient (Wildman–Crippen LogP) is 1.72. The van der Waals surface area contributed by atoms with Gasteiger partial charge in [0.1, 0.15) is 5.84 Å². The Labute approximate surface area is 84.0 Å². The number of aliphatic imine (C=N–C) groups is 1. The second-order valence-electron chi connectivity index (χ2n) is 3.71. The first-order valence-corrected chi connectivity index (χ1v) is 5.06. The predicted molar refractivity (Wildman–Crippen MR) is 57.7 cm³/mol. The number of hydrogen-bond acceptors (Lipinski definition) is 3. The standard InChI is InChI=1S/C10H16N4/c1-8-9(7-14(2)13-8)12-10-5-3-4-6-11-10/h7H,3-6H2,1-2H3,(H,11,12). The average Bonchev–Trinajstić information content (AvgIpc) is 2.47. The number of nitrogens with one attached hydrogen (secondary N) is 1. The van der Waals surface area contributed by atoms with Crippen LogP contribution in [0.25, 0.3) is 0 Å². The molecule has 4 nitrogen and oxygen atoms in total. The van der Waals surface area contributed by atoms with Crippen molar-refractivity contribution < 1.29 is 0 Å². The van der Waals surface area contributed by atoms with Gasteiger partial charge in [-0.2, -0.15) is 5.10 Å². The zero-order valence-electron chi connectivity index (χ0n) is 8.75. The van der Waals surface area contributed by atoms with Gasteiger partial charge in [-0.25, -0.2) is 0 Å². The molecule has 1 aliphatic heterocycles. The number of amidine groups is 1. The smallest absolute Gasteiger partial charge is 0.101 e. The minimum Gasteiger partial charge on any atom is -0.341 e. The normalized spacial score (nSPS) is 16.6. The van der Waals surface area contributed by atoms with Gasteiger partial charge in [0.15, 0.2) is 0 Å². The molecule has 1 aliphatic rings. The molecule has 0 unspecified atom stereocenters. The van der Waals surface area contributed by atoms with Gasteiger partial charge in [-0.1, -0.05) is 0 Å². The van der Waals surface area contributed by atoms with Crippen LogP contribution >= 0.6 is 0 Å². The summed E-state index contributed by atoms with van der Waals surface area (Å²) in [6, 6.07) is 0. The lowest BCUT2D eigenvalue weighted by Gasteiger charge is -2.12. The van der Waals surface area contributed by atoms with Crippen molar-refractivity contribution in [1.29, 1.82) is 0 Å². The summed E-state index contributed by atoms with van der Waals surface area (Å²) in [4.78, 5) is 4.44. The molecule has 1 aromatic heterocycles. The first kappa shape index (κ1) is 9.24. The fourth-order valence-electron chi connectivity index (χ4n) is 1.68. The van der Waals surface area contributed by atoms with Gasteiger partial charge >= 0.3 is 0 Å². The Morgan fingerprint density at radius 1 is 1.43 bits per heavy atom. The molecule has 0 aliphatic carbocycles. The van der Waals surface area contributed by atoms with E-state index in [2.05, 4.69) is 15.4 Å². The third-order valence-corrected chi connectivity index (χ3v) is 2.42. The van der Waals surface area contributed by atoms with Gasteiger partial charge in [-0.3, -0.25) is 9.67 Å². The van der Waals surface area contributed by atoms with Crippen molar-refractivity contribution in [1.82, 2.24) is 9.78 Å². The Kier molecular flexibility index (Phi) is 2.52. The van der Waals surface area contributed by atoms with Crippen LogP contribution in [-0.2, 0) is 7.05 Å². The van der Waals surface area contributed by atoms with E-state index in [1.807, 2.05) is 24.9 Å². The molecule has 0 saturated carbocycles. The van der Waals surface area contributed by atoms with Gasteiger partial charge in [0.25, 0.3) is 0 Å². The molecule has 1 aromatic rings. The Bertz CT molecular complexity index is 351. The zero-order valence-corrected chi connectivity index (χ0v) is 8.75. The monoisotopic (exact) mass is 192 g/mol. The Morgan fingerprint density at radius 2 is 2.29 bits per heavy atom. The number of anilines is 1. The molecule has 2 heterocycles. The number of aromatic nitrogens is 2. The summed E-state index contributed by atoms with van der Waals surface area (Å²) in [6.07, 6.45) is 5.52. The van der Waals surface area contributed by atoms with E-state index >= 15 is 0 Å². The van der Waals surface area contributed by atoms with Gasteiger partial charge in [-0.05, 0) is 19.8 Å². The molecule has 0 aromatic carbocycles. The zero-order chi connectivity index (χ0) is 9.97. The van der Waals surface area contributed by atoms with Crippen LogP contribution in [0.2, 0.25) is 0 Å². The second kappa shape index (κ2) is 3.82. The summed E-state index contributed by atoms with van der Waals surface area (Å²) in [7, 11) is 1.93. The van der Waals surface area contributed by atoms with Crippen molar-refractivity contribution in [3.63, 3.8) is 0 Å². The number of nitrogens with zero attached hydrogens (tertiary/aromatic N) is 3. The van der Waals surface area contributed by atoms with Crippen LogP contribution in [0.1, 0.15) is 25.0 Å². The van der Waals surface area contributed by atoms with Gasteiger partial charge in [0.2, 0.25) is 0 Å². The number of rotatable bonds is 1.